The van der Waals surface area contributed by atoms with Crippen molar-refractivity contribution in [2.75, 3.05) is 12.4 Å². The van der Waals surface area contributed by atoms with Gasteiger partial charge in [0.2, 0.25) is 5.91 Å². The molecule has 0 saturated heterocycles. The highest BCUT2D eigenvalue weighted by molar-refractivity contribution is 5.95. The zero-order valence-electron chi connectivity index (χ0n) is 12.0. The van der Waals surface area contributed by atoms with Crippen molar-refractivity contribution in [3.8, 4) is 5.75 Å². The molecular weight excluding hydrogens is 284 g/mol. The van der Waals surface area contributed by atoms with Crippen LogP contribution in [-0.2, 0) is 11.2 Å². The molecule has 0 unspecified atom stereocenters. The van der Waals surface area contributed by atoms with E-state index in [1.807, 2.05) is 18.2 Å². The maximum atomic E-state index is 12.0. The van der Waals surface area contributed by atoms with E-state index >= 15 is 0 Å². The number of carbonyl (C=O) groups is 2. The van der Waals surface area contributed by atoms with Crippen molar-refractivity contribution < 1.29 is 19.5 Å². The summed E-state index contributed by atoms with van der Waals surface area (Å²) in [5.41, 5.74) is 3.26. The predicted molar refractivity (Wildman–Crippen MR) is 81.0 cm³/mol. The maximum absolute atomic E-state index is 12.0. The summed E-state index contributed by atoms with van der Waals surface area (Å²) in [5.74, 6) is -0.0773. The fourth-order valence-corrected chi connectivity index (χ4v) is 1.94. The van der Waals surface area contributed by atoms with E-state index in [-0.39, 0.29) is 12.3 Å². The van der Waals surface area contributed by atoms with E-state index in [0.29, 0.717) is 17.0 Å². The van der Waals surface area contributed by atoms with Gasteiger partial charge in [0.15, 0.2) is 0 Å². The quantitative estimate of drug-likeness (QED) is 0.582. The van der Waals surface area contributed by atoms with Crippen LogP contribution in [0.4, 0.5) is 5.69 Å². The molecule has 2 rings (SSSR count). The molecule has 114 valence electrons. The lowest BCUT2D eigenvalue weighted by Gasteiger charge is -2.07. The lowest BCUT2D eigenvalue weighted by molar-refractivity contribution is -0.115. The van der Waals surface area contributed by atoms with E-state index in [4.69, 9.17) is 9.94 Å². The standard InChI is InChI=1S/C16H16N2O4/c1-22-14-4-2-3-11(9-14)10-15(19)17-13-7-5-12(6-8-13)16(20)18-21/h2-9,21H,10H2,1H3,(H,17,19)(H,18,20). The zero-order valence-corrected chi connectivity index (χ0v) is 12.0. The van der Waals surface area contributed by atoms with Crippen LogP contribution < -0.4 is 15.5 Å². The molecule has 0 fully saturated rings. The lowest BCUT2D eigenvalue weighted by atomic mass is 10.1. The van der Waals surface area contributed by atoms with Crippen molar-refractivity contribution in [1.82, 2.24) is 5.48 Å². The number of anilines is 1. The van der Waals surface area contributed by atoms with E-state index < -0.39 is 5.91 Å². The number of amides is 2. The number of methoxy groups -OCH3 is 1. The number of hydroxylamine groups is 1. The first-order chi connectivity index (χ1) is 10.6. The molecule has 0 aliphatic carbocycles. The molecule has 6 nitrogen and oxygen atoms in total. The highest BCUT2D eigenvalue weighted by Gasteiger charge is 2.07. The maximum Gasteiger partial charge on any atom is 0.274 e. The van der Waals surface area contributed by atoms with Crippen LogP contribution in [0.5, 0.6) is 5.75 Å². The van der Waals surface area contributed by atoms with Gasteiger partial charge < -0.3 is 10.1 Å². The van der Waals surface area contributed by atoms with E-state index in [2.05, 4.69) is 5.32 Å². The van der Waals surface area contributed by atoms with Crippen LogP contribution in [0.1, 0.15) is 15.9 Å². The second kappa shape index (κ2) is 7.24. The summed E-state index contributed by atoms with van der Waals surface area (Å²) in [6, 6.07) is 13.5. The van der Waals surface area contributed by atoms with Crippen molar-refractivity contribution in [3.05, 3.63) is 59.7 Å². The summed E-state index contributed by atoms with van der Waals surface area (Å²) in [5, 5.41) is 11.3. The summed E-state index contributed by atoms with van der Waals surface area (Å²) in [4.78, 5) is 23.2. The van der Waals surface area contributed by atoms with Crippen LogP contribution in [0.2, 0.25) is 0 Å². The average Bonchev–Trinajstić information content (AvgIpc) is 2.55. The molecule has 0 saturated carbocycles. The summed E-state index contributed by atoms with van der Waals surface area (Å²) in [6.07, 6.45) is 0.218. The third kappa shape index (κ3) is 4.07. The van der Waals surface area contributed by atoms with Gasteiger partial charge in [-0.2, -0.15) is 0 Å². The van der Waals surface area contributed by atoms with Crippen LogP contribution in [0.25, 0.3) is 0 Å². The number of nitrogens with one attached hydrogen (secondary N) is 2. The number of ether oxygens (including phenoxy) is 1. The van der Waals surface area contributed by atoms with Gasteiger partial charge in [0.1, 0.15) is 5.75 Å². The van der Waals surface area contributed by atoms with Gasteiger partial charge in [-0.25, -0.2) is 5.48 Å². The highest BCUT2D eigenvalue weighted by Crippen LogP contribution is 2.14. The van der Waals surface area contributed by atoms with Gasteiger partial charge in [-0.15, -0.1) is 0 Å². The van der Waals surface area contributed by atoms with Crippen molar-refractivity contribution in [2.45, 2.75) is 6.42 Å². The SMILES string of the molecule is COc1cccc(CC(=O)Nc2ccc(C(=O)NO)cc2)c1. The second-order valence-corrected chi connectivity index (χ2v) is 4.59. The summed E-state index contributed by atoms with van der Waals surface area (Å²) < 4.78 is 5.11. The molecule has 0 spiro atoms. The Morgan fingerprint density at radius 2 is 1.86 bits per heavy atom. The largest absolute Gasteiger partial charge is 0.497 e. The molecular formula is C16H16N2O4. The monoisotopic (exact) mass is 300 g/mol. The van der Waals surface area contributed by atoms with Gasteiger partial charge in [0, 0.05) is 11.3 Å². The number of hydrogen-bond acceptors (Lipinski definition) is 4. The first kappa shape index (κ1) is 15.5. The van der Waals surface area contributed by atoms with Crippen molar-refractivity contribution >= 4 is 17.5 Å². The molecule has 2 aromatic carbocycles. The van der Waals surface area contributed by atoms with E-state index in [1.165, 1.54) is 12.1 Å². The molecule has 2 aromatic rings. The van der Waals surface area contributed by atoms with Gasteiger partial charge >= 0.3 is 0 Å². The lowest BCUT2D eigenvalue weighted by Crippen LogP contribution is -2.18. The molecule has 6 heteroatoms. The van der Waals surface area contributed by atoms with Crippen molar-refractivity contribution in [1.29, 1.82) is 0 Å². The molecule has 0 aliphatic heterocycles. The number of rotatable bonds is 5. The normalized spacial score (nSPS) is 9.91. The van der Waals surface area contributed by atoms with Crippen molar-refractivity contribution in [2.24, 2.45) is 0 Å². The summed E-state index contributed by atoms with van der Waals surface area (Å²) >= 11 is 0. The summed E-state index contributed by atoms with van der Waals surface area (Å²) in [7, 11) is 1.57. The van der Waals surface area contributed by atoms with E-state index in [1.54, 1.807) is 30.8 Å². The zero-order chi connectivity index (χ0) is 15.9. The molecule has 0 heterocycles. The Balaban J connectivity index is 1.98. The molecule has 2 amide bonds. The Kier molecular flexibility index (Phi) is 5.11. The fourth-order valence-electron chi connectivity index (χ4n) is 1.94. The number of benzene rings is 2. The molecule has 0 aromatic heterocycles. The highest BCUT2D eigenvalue weighted by atomic mass is 16.5. The predicted octanol–water partition coefficient (Wildman–Crippen LogP) is 2.00. The summed E-state index contributed by atoms with van der Waals surface area (Å²) in [6.45, 7) is 0. The smallest absolute Gasteiger partial charge is 0.274 e. The molecule has 3 N–H and O–H groups in total. The molecule has 0 atom stereocenters. The van der Waals surface area contributed by atoms with Crippen LogP contribution in [0.15, 0.2) is 48.5 Å². The van der Waals surface area contributed by atoms with Gasteiger partial charge in [0.05, 0.1) is 13.5 Å². The number of hydrogen-bond donors (Lipinski definition) is 3. The second-order valence-electron chi connectivity index (χ2n) is 4.59. The minimum atomic E-state index is -0.603. The Labute approximate surface area is 127 Å². The Morgan fingerprint density at radius 1 is 1.14 bits per heavy atom. The minimum Gasteiger partial charge on any atom is -0.497 e. The van der Waals surface area contributed by atoms with Gasteiger partial charge in [-0.05, 0) is 42.0 Å². The topological polar surface area (TPSA) is 87.7 Å². The van der Waals surface area contributed by atoms with Crippen LogP contribution >= 0.6 is 0 Å². The third-order valence-electron chi connectivity index (χ3n) is 3.03. The number of carbonyl (C=O) groups excluding carboxylic acids is 2. The van der Waals surface area contributed by atoms with Gasteiger partial charge in [-0.1, -0.05) is 12.1 Å². The van der Waals surface area contributed by atoms with Crippen molar-refractivity contribution in [3.63, 3.8) is 0 Å². The molecule has 0 aliphatic rings. The van der Waals surface area contributed by atoms with E-state index in [0.717, 1.165) is 5.56 Å². The van der Waals surface area contributed by atoms with Crippen LogP contribution in [0, 0.1) is 0 Å². The Hall–Kier alpha value is -2.86. The minimum absolute atomic E-state index is 0.174. The van der Waals surface area contributed by atoms with E-state index in [9.17, 15) is 9.59 Å². The van der Waals surface area contributed by atoms with Gasteiger partial charge in [0.25, 0.3) is 5.91 Å². The molecule has 22 heavy (non-hydrogen) atoms. The van der Waals surface area contributed by atoms with Crippen LogP contribution in [0.3, 0.4) is 0 Å². The Bertz CT molecular complexity index is 668. The average molecular weight is 300 g/mol. The molecule has 0 bridgehead atoms. The first-order valence-electron chi connectivity index (χ1n) is 6.59. The third-order valence-corrected chi connectivity index (χ3v) is 3.03. The molecule has 0 radical (unpaired) electrons. The van der Waals surface area contributed by atoms with Gasteiger partial charge in [-0.3, -0.25) is 14.8 Å². The first-order valence-corrected chi connectivity index (χ1v) is 6.59. The fraction of sp³-hybridized carbons (Fsp3) is 0.125. The van der Waals surface area contributed by atoms with Crippen LogP contribution in [-0.4, -0.2) is 24.1 Å². The Morgan fingerprint density at radius 3 is 2.50 bits per heavy atom.